The lowest BCUT2D eigenvalue weighted by Gasteiger charge is -2.35. The van der Waals surface area contributed by atoms with E-state index in [9.17, 15) is 4.79 Å². The van der Waals surface area contributed by atoms with Gasteiger partial charge in [-0.05, 0) is 43.5 Å². The Morgan fingerprint density at radius 3 is 2.76 bits per heavy atom. The second-order valence-corrected chi connectivity index (χ2v) is 5.81. The molecule has 116 valence electrons. The molecule has 0 aliphatic carbocycles. The van der Waals surface area contributed by atoms with Crippen LogP contribution in [0.25, 0.3) is 0 Å². The largest absolute Gasteiger partial charge is 0.481 e. The molecule has 1 fully saturated rings. The molecular weight excluding hydrogens is 264 g/mol. The Morgan fingerprint density at radius 2 is 2.14 bits per heavy atom. The molecule has 4 nitrogen and oxygen atoms in total. The summed E-state index contributed by atoms with van der Waals surface area (Å²) in [4.78, 5) is 13.5. The molecule has 0 bridgehead atoms. The van der Waals surface area contributed by atoms with E-state index >= 15 is 0 Å². The van der Waals surface area contributed by atoms with Crippen LogP contribution in [0, 0.1) is 0 Å². The van der Waals surface area contributed by atoms with E-state index in [-0.39, 0.29) is 6.42 Å². The topological polar surface area (TPSA) is 52.6 Å². The van der Waals surface area contributed by atoms with E-state index in [1.807, 2.05) is 18.2 Å². The number of carboxylic acid groups (broad SMARTS) is 1. The third-order valence-corrected chi connectivity index (χ3v) is 4.13. The molecule has 1 saturated heterocycles. The Labute approximate surface area is 127 Å². The van der Waals surface area contributed by atoms with Crippen molar-refractivity contribution in [2.24, 2.45) is 0 Å². The maximum absolute atomic E-state index is 11.0. The van der Waals surface area contributed by atoms with E-state index in [2.05, 4.69) is 23.2 Å². The average molecular weight is 290 g/mol. The van der Waals surface area contributed by atoms with E-state index in [0.717, 1.165) is 43.7 Å². The minimum absolute atomic E-state index is 0.110. The van der Waals surface area contributed by atoms with Gasteiger partial charge < -0.3 is 10.4 Å². The van der Waals surface area contributed by atoms with Crippen molar-refractivity contribution in [1.29, 1.82) is 0 Å². The maximum atomic E-state index is 11.0. The number of carbonyl (C=O) groups is 1. The second-order valence-electron chi connectivity index (χ2n) is 5.81. The van der Waals surface area contributed by atoms with Gasteiger partial charge in [0.05, 0.1) is 6.42 Å². The number of hydrogen-bond acceptors (Lipinski definition) is 3. The lowest BCUT2D eigenvalue weighted by molar-refractivity contribution is -0.136. The smallest absolute Gasteiger partial charge is 0.307 e. The number of benzene rings is 1. The molecule has 1 unspecified atom stereocenters. The van der Waals surface area contributed by atoms with Gasteiger partial charge in [-0.3, -0.25) is 9.69 Å². The van der Waals surface area contributed by atoms with Crippen LogP contribution in [-0.2, 0) is 17.8 Å². The van der Waals surface area contributed by atoms with Gasteiger partial charge in [0.25, 0.3) is 0 Å². The van der Waals surface area contributed by atoms with E-state index in [1.54, 1.807) is 0 Å². The Morgan fingerprint density at radius 1 is 1.38 bits per heavy atom. The van der Waals surface area contributed by atoms with Crippen molar-refractivity contribution in [3.8, 4) is 0 Å². The van der Waals surface area contributed by atoms with Crippen LogP contribution in [0.4, 0.5) is 0 Å². The van der Waals surface area contributed by atoms with Crippen molar-refractivity contribution >= 4 is 5.97 Å². The molecule has 1 heterocycles. The number of hydrogen-bond donors (Lipinski definition) is 2. The van der Waals surface area contributed by atoms with Crippen LogP contribution in [0.3, 0.4) is 0 Å². The zero-order chi connectivity index (χ0) is 15.1. The second kappa shape index (κ2) is 8.15. The van der Waals surface area contributed by atoms with Gasteiger partial charge in [0, 0.05) is 19.1 Å². The average Bonchev–Trinajstić information content (AvgIpc) is 2.49. The number of carboxylic acids is 1. The summed E-state index contributed by atoms with van der Waals surface area (Å²) in [6, 6.07) is 8.50. The van der Waals surface area contributed by atoms with E-state index < -0.39 is 5.97 Å². The molecule has 0 aromatic heterocycles. The van der Waals surface area contributed by atoms with Gasteiger partial charge in [-0.25, -0.2) is 0 Å². The van der Waals surface area contributed by atoms with Gasteiger partial charge in [0.1, 0.15) is 0 Å². The van der Waals surface area contributed by atoms with Crippen molar-refractivity contribution in [3.63, 3.8) is 0 Å². The summed E-state index contributed by atoms with van der Waals surface area (Å²) >= 11 is 0. The Hall–Kier alpha value is -1.39. The minimum atomic E-state index is -0.760. The van der Waals surface area contributed by atoms with Gasteiger partial charge in [-0.15, -0.1) is 0 Å². The van der Waals surface area contributed by atoms with Crippen LogP contribution in [0.1, 0.15) is 37.3 Å². The molecule has 0 spiro atoms. The summed E-state index contributed by atoms with van der Waals surface area (Å²) in [6.45, 7) is 6.27. The highest BCUT2D eigenvalue weighted by molar-refractivity contribution is 5.70. The molecule has 1 atom stereocenters. The maximum Gasteiger partial charge on any atom is 0.307 e. The first-order valence-electron chi connectivity index (χ1n) is 7.94. The van der Waals surface area contributed by atoms with Crippen LogP contribution in [-0.4, -0.2) is 41.7 Å². The molecule has 2 N–H and O–H groups in total. The SMILES string of the molecule is CCCN(Cc1ccccc1CC(=O)O)C1CCCNC1. The predicted octanol–water partition coefficient (Wildman–Crippen LogP) is 2.28. The monoisotopic (exact) mass is 290 g/mol. The normalized spacial score (nSPS) is 18.9. The predicted molar refractivity (Wildman–Crippen MR) is 84.4 cm³/mol. The first-order valence-corrected chi connectivity index (χ1v) is 7.94. The zero-order valence-electron chi connectivity index (χ0n) is 12.8. The molecule has 0 radical (unpaired) electrons. The fraction of sp³-hybridized carbons (Fsp3) is 0.588. The van der Waals surface area contributed by atoms with Crippen molar-refractivity contribution in [3.05, 3.63) is 35.4 Å². The van der Waals surface area contributed by atoms with Gasteiger partial charge in [0.2, 0.25) is 0 Å². The summed E-state index contributed by atoms with van der Waals surface area (Å²) in [5.41, 5.74) is 2.09. The number of nitrogens with one attached hydrogen (secondary N) is 1. The van der Waals surface area contributed by atoms with Crippen LogP contribution >= 0.6 is 0 Å². The van der Waals surface area contributed by atoms with Crippen molar-refractivity contribution < 1.29 is 9.90 Å². The van der Waals surface area contributed by atoms with Crippen LogP contribution in [0.15, 0.2) is 24.3 Å². The van der Waals surface area contributed by atoms with Crippen molar-refractivity contribution in [2.75, 3.05) is 19.6 Å². The number of rotatable bonds is 7. The van der Waals surface area contributed by atoms with Crippen molar-refractivity contribution in [1.82, 2.24) is 10.2 Å². The molecule has 1 aliphatic heterocycles. The van der Waals surface area contributed by atoms with Crippen LogP contribution in [0.5, 0.6) is 0 Å². The lowest BCUT2D eigenvalue weighted by atomic mass is 10.0. The number of nitrogens with zero attached hydrogens (tertiary/aromatic N) is 1. The quantitative estimate of drug-likeness (QED) is 0.809. The van der Waals surface area contributed by atoms with Gasteiger partial charge in [-0.1, -0.05) is 31.2 Å². The molecule has 4 heteroatoms. The number of aliphatic carboxylic acids is 1. The van der Waals surface area contributed by atoms with Crippen molar-refractivity contribution in [2.45, 2.75) is 45.2 Å². The fourth-order valence-electron chi connectivity index (χ4n) is 3.09. The Bertz CT molecular complexity index is 456. The summed E-state index contributed by atoms with van der Waals surface area (Å²) in [5, 5.41) is 12.5. The van der Waals surface area contributed by atoms with Crippen LogP contribution < -0.4 is 5.32 Å². The lowest BCUT2D eigenvalue weighted by Crippen LogP contribution is -2.46. The molecular formula is C17H26N2O2. The molecule has 0 amide bonds. The zero-order valence-corrected chi connectivity index (χ0v) is 12.8. The summed E-state index contributed by atoms with van der Waals surface area (Å²) in [6.07, 6.45) is 3.69. The van der Waals surface area contributed by atoms with E-state index in [0.29, 0.717) is 6.04 Å². The highest BCUT2D eigenvalue weighted by atomic mass is 16.4. The first-order chi connectivity index (χ1) is 10.2. The molecule has 1 aromatic carbocycles. The third-order valence-electron chi connectivity index (χ3n) is 4.13. The van der Waals surface area contributed by atoms with Crippen LogP contribution in [0.2, 0.25) is 0 Å². The molecule has 1 aromatic rings. The third kappa shape index (κ3) is 4.83. The highest BCUT2D eigenvalue weighted by Crippen LogP contribution is 2.18. The Balaban J connectivity index is 2.10. The molecule has 0 saturated carbocycles. The van der Waals surface area contributed by atoms with E-state index in [1.165, 1.54) is 12.8 Å². The highest BCUT2D eigenvalue weighted by Gasteiger charge is 2.21. The molecule has 21 heavy (non-hydrogen) atoms. The number of piperidine rings is 1. The molecule has 1 aliphatic rings. The molecule has 2 rings (SSSR count). The van der Waals surface area contributed by atoms with Gasteiger partial charge >= 0.3 is 5.97 Å². The summed E-state index contributed by atoms with van der Waals surface area (Å²) < 4.78 is 0. The first kappa shape index (κ1) is 16.0. The fourth-order valence-corrected chi connectivity index (χ4v) is 3.09. The van der Waals surface area contributed by atoms with Gasteiger partial charge in [0.15, 0.2) is 0 Å². The summed E-state index contributed by atoms with van der Waals surface area (Å²) in [5.74, 6) is -0.760. The minimum Gasteiger partial charge on any atom is -0.481 e. The van der Waals surface area contributed by atoms with Gasteiger partial charge in [-0.2, -0.15) is 0 Å². The summed E-state index contributed by atoms with van der Waals surface area (Å²) in [7, 11) is 0. The van der Waals surface area contributed by atoms with E-state index in [4.69, 9.17) is 5.11 Å². The Kier molecular flexibility index (Phi) is 6.21. The standard InChI is InChI=1S/C17H26N2O2/c1-2-10-19(16-8-5-9-18-12-16)13-15-7-4-3-6-14(15)11-17(20)21/h3-4,6-7,16,18H,2,5,8-13H2,1H3,(H,20,21).